The first-order valence-corrected chi connectivity index (χ1v) is 8.34. The second-order valence-corrected chi connectivity index (χ2v) is 6.18. The highest BCUT2D eigenvalue weighted by atomic mass is 32.1. The lowest BCUT2D eigenvalue weighted by molar-refractivity contribution is -0.402. The van der Waals surface area contributed by atoms with E-state index in [1.54, 1.807) is 14.2 Å². The molecule has 0 unspecified atom stereocenters. The molecule has 10 heteroatoms. The lowest BCUT2D eigenvalue weighted by Gasteiger charge is -2.04. The van der Waals surface area contributed by atoms with Crippen molar-refractivity contribution in [3.8, 4) is 5.75 Å². The average Bonchev–Trinajstić information content (AvgIpc) is 3.24. The van der Waals surface area contributed by atoms with Gasteiger partial charge in [0.25, 0.3) is 0 Å². The molecule has 0 spiro atoms. The second kappa shape index (κ2) is 7.50. The number of aromatic nitrogens is 1. The highest BCUT2D eigenvalue weighted by Crippen LogP contribution is 2.23. The van der Waals surface area contributed by atoms with E-state index in [0.29, 0.717) is 23.7 Å². The third kappa shape index (κ3) is 3.51. The monoisotopic (exact) mass is 377 g/mol. The van der Waals surface area contributed by atoms with Crippen LogP contribution in [0, 0.1) is 10.1 Å². The first kappa shape index (κ1) is 17.8. The molecule has 0 saturated carbocycles. The number of rotatable bonds is 6. The van der Waals surface area contributed by atoms with Crippen molar-refractivity contribution in [1.82, 2.24) is 4.57 Å². The van der Waals surface area contributed by atoms with Gasteiger partial charge >= 0.3 is 11.8 Å². The molecular weight excluding hydrogens is 362 g/mol. The van der Waals surface area contributed by atoms with E-state index in [-0.39, 0.29) is 5.76 Å². The summed E-state index contributed by atoms with van der Waals surface area (Å²) in [4.78, 5) is 26.8. The normalized spacial score (nSPS) is 11.8. The van der Waals surface area contributed by atoms with Gasteiger partial charge in [-0.15, -0.1) is 0 Å². The molecule has 2 aromatic heterocycles. The number of nitro groups is 1. The molecule has 2 heterocycles. The fourth-order valence-electron chi connectivity index (χ4n) is 2.35. The summed E-state index contributed by atoms with van der Waals surface area (Å²) in [6.07, 6.45) is 0. The molecule has 136 valence electrons. The molecule has 0 aliphatic rings. The Kier molecular flexibility index (Phi) is 5.14. The van der Waals surface area contributed by atoms with E-state index in [4.69, 9.17) is 13.9 Å². The van der Waals surface area contributed by atoms with Crippen LogP contribution in [0.15, 0.2) is 39.7 Å². The lowest BCUT2D eigenvalue weighted by atomic mass is 10.3. The topological polar surface area (TPSA) is 109 Å². The van der Waals surface area contributed by atoms with Gasteiger partial charge in [0.05, 0.1) is 30.0 Å². The van der Waals surface area contributed by atoms with Gasteiger partial charge in [0.15, 0.2) is 4.80 Å². The Morgan fingerprint density at radius 1 is 1.35 bits per heavy atom. The number of thiazole rings is 1. The van der Waals surface area contributed by atoms with Crippen LogP contribution in [0.4, 0.5) is 5.88 Å². The molecule has 9 nitrogen and oxygen atoms in total. The number of furan rings is 1. The predicted molar refractivity (Wildman–Crippen MR) is 93.5 cm³/mol. The summed E-state index contributed by atoms with van der Waals surface area (Å²) in [5.74, 6) is -0.693. The molecular formula is C16H15N3O6S. The smallest absolute Gasteiger partial charge is 0.433 e. The van der Waals surface area contributed by atoms with Gasteiger partial charge in [-0.25, -0.2) is 0 Å². The Labute approximate surface area is 151 Å². The summed E-state index contributed by atoms with van der Waals surface area (Å²) >= 11 is 1.30. The summed E-state index contributed by atoms with van der Waals surface area (Å²) < 4.78 is 18.0. The van der Waals surface area contributed by atoms with Crippen LogP contribution in [0.1, 0.15) is 10.6 Å². The summed E-state index contributed by atoms with van der Waals surface area (Å²) in [7, 11) is 3.16. The first-order chi connectivity index (χ1) is 12.5. The predicted octanol–water partition coefficient (Wildman–Crippen LogP) is 2.60. The number of hydrogen-bond donors (Lipinski definition) is 0. The van der Waals surface area contributed by atoms with Crippen molar-refractivity contribution in [2.24, 2.45) is 4.99 Å². The first-order valence-electron chi connectivity index (χ1n) is 7.53. The molecule has 1 aromatic carbocycles. The van der Waals surface area contributed by atoms with Crippen LogP contribution in [0.3, 0.4) is 0 Å². The van der Waals surface area contributed by atoms with Gasteiger partial charge in [-0.05, 0) is 24.3 Å². The van der Waals surface area contributed by atoms with Crippen LogP contribution in [0.5, 0.6) is 5.75 Å². The lowest BCUT2D eigenvalue weighted by Crippen LogP contribution is -2.19. The zero-order chi connectivity index (χ0) is 18.7. The summed E-state index contributed by atoms with van der Waals surface area (Å²) in [6, 6.07) is 7.91. The van der Waals surface area contributed by atoms with Gasteiger partial charge in [0.2, 0.25) is 5.76 Å². The van der Waals surface area contributed by atoms with Gasteiger partial charge < -0.3 is 18.5 Å². The van der Waals surface area contributed by atoms with E-state index in [2.05, 4.69) is 4.99 Å². The molecule has 0 fully saturated rings. The largest absolute Gasteiger partial charge is 0.497 e. The van der Waals surface area contributed by atoms with E-state index >= 15 is 0 Å². The maximum absolute atomic E-state index is 12.3. The third-order valence-corrected chi connectivity index (χ3v) is 4.63. The number of nitrogens with zero attached hydrogens (tertiary/aromatic N) is 3. The van der Waals surface area contributed by atoms with E-state index in [1.165, 1.54) is 17.4 Å². The molecule has 0 saturated heterocycles. The fourth-order valence-corrected chi connectivity index (χ4v) is 3.43. The Bertz CT molecular complexity index is 1030. The molecule has 1 amide bonds. The number of carbonyl (C=O) groups excluding carboxylic acids is 1. The molecule has 0 atom stereocenters. The molecule has 3 rings (SSSR count). The SMILES string of the molecule is COCCn1c(=NC(=O)c2ccc([N+](=O)[O-])o2)sc2cc(OC)ccc21. The highest BCUT2D eigenvalue weighted by molar-refractivity contribution is 7.16. The highest BCUT2D eigenvalue weighted by Gasteiger charge is 2.17. The fraction of sp³-hybridized carbons (Fsp3) is 0.250. The van der Waals surface area contributed by atoms with Crippen LogP contribution in [-0.2, 0) is 11.3 Å². The Balaban J connectivity index is 2.07. The van der Waals surface area contributed by atoms with E-state index in [1.807, 2.05) is 22.8 Å². The van der Waals surface area contributed by atoms with Gasteiger partial charge in [-0.3, -0.25) is 14.9 Å². The summed E-state index contributed by atoms with van der Waals surface area (Å²) in [5.41, 5.74) is 0.879. The quantitative estimate of drug-likeness (QED) is 0.482. The number of fused-ring (bicyclic) bond motifs is 1. The Hall–Kier alpha value is -2.98. The molecule has 0 aliphatic heterocycles. The number of methoxy groups -OCH3 is 2. The maximum Gasteiger partial charge on any atom is 0.433 e. The van der Waals surface area contributed by atoms with Crippen molar-refractivity contribution in [2.75, 3.05) is 20.8 Å². The molecule has 26 heavy (non-hydrogen) atoms. The van der Waals surface area contributed by atoms with Crippen molar-refractivity contribution in [3.05, 3.63) is 51.0 Å². The van der Waals surface area contributed by atoms with Gasteiger partial charge in [0, 0.05) is 13.7 Å². The minimum Gasteiger partial charge on any atom is -0.497 e. The minimum absolute atomic E-state index is 0.190. The standard InChI is InChI=1S/C16H15N3O6S/c1-23-8-7-18-11-4-3-10(24-2)9-13(11)26-16(18)17-15(20)12-5-6-14(25-12)19(21)22/h3-6,9H,7-8H2,1-2H3. The second-order valence-electron chi connectivity index (χ2n) is 5.17. The Morgan fingerprint density at radius 3 is 2.81 bits per heavy atom. The van der Waals surface area contributed by atoms with Gasteiger partial charge in [-0.1, -0.05) is 11.3 Å². The van der Waals surface area contributed by atoms with Crippen molar-refractivity contribution in [1.29, 1.82) is 0 Å². The molecule has 0 aliphatic carbocycles. The van der Waals surface area contributed by atoms with Crippen LogP contribution in [-0.4, -0.2) is 36.2 Å². The minimum atomic E-state index is -0.707. The van der Waals surface area contributed by atoms with Crippen LogP contribution in [0.25, 0.3) is 10.2 Å². The maximum atomic E-state index is 12.3. The molecule has 0 radical (unpaired) electrons. The zero-order valence-corrected chi connectivity index (χ0v) is 14.8. The van der Waals surface area contributed by atoms with Crippen molar-refractivity contribution in [3.63, 3.8) is 0 Å². The van der Waals surface area contributed by atoms with Crippen LogP contribution in [0.2, 0.25) is 0 Å². The number of amides is 1. The average molecular weight is 377 g/mol. The molecule has 0 bridgehead atoms. The van der Waals surface area contributed by atoms with Crippen molar-refractivity contribution >= 4 is 33.3 Å². The molecule has 3 aromatic rings. The third-order valence-electron chi connectivity index (χ3n) is 3.59. The van der Waals surface area contributed by atoms with Crippen molar-refractivity contribution in [2.45, 2.75) is 6.54 Å². The van der Waals surface area contributed by atoms with E-state index in [9.17, 15) is 14.9 Å². The number of hydrogen-bond acceptors (Lipinski definition) is 7. The van der Waals surface area contributed by atoms with Gasteiger partial charge in [-0.2, -0.15) is 4.99 Å². The van der Waals surface area contributed by atoms with Crippen LogP contribution >= 0.6 is 11.3 Å². The summed E-state index contributed by atoms with van der Waals surface area (Å²) in [5, 5.41) is 10.7. The zero-order valence-electron chi connectivity index (χ0n) is 14.0. The molecule has 0 N–H and O–H groups in total. The number of benzene rings is 1. The van der Waals surface area contributed by atoms with Gasteiger partial charge in [0.1, 0.15) is 10.7 Å². The van der Waals surface area contributed by atoms with Crippen LogP contribution < -0.4 is 9.54 Å². The Morgan fingerprint density at radius 2 is 2.15 bits per heavy atom. The van der Waals surface area contributed by atoms with E-state index < -0.39 is 16.7 Å². The van der Waals surface area contributed by atoms with Crippen molar-refractivity contribution < 1.29 is 23.6 Å². The number of carbonyl (C=O) groups is 1. The van der Waals surface area contributed by atoms with E-state index in [0.717, 1.165) is 16.3 Å². The number of ether oxygens (including phenoxy) is 2. The summed E-state index contributed by atoms with van der Waals surface area (Å²) in [6.45, 7) is 0.929.